The first-order valence-electron chi connectivity index (χ1n) is 10.0. The van der Waals surface area contributed by atoms with Crippen LogP contribution in [0.3, 0.4) is 0 Å². The molecule has 0 amide bonds. The van der Waals surface area contributed by atoms with Gasteiger partial charge < -0.3 is 10.1 Å². The van der Waals surface area contributed by atoms with E-state index in [4.69, 9.17) is 4.74 Å². The van der Waals surface area contributed by atoms with Gasteiger partial charge in [0.15, 0.2) is 23.1 Å². The number of carbonyl (C=O) groups is 1. The minimum absolute atomic E-state index is 0.0229. The standard InChI is InChI=1S/C21H22F3N5O2/c1-9-4-5-10(2)16(15(9)21(30)31-3)26-20-14(24)7-13(23)18(27-20)17-12-6-11(22)8-25-19(12)29-28-17/h6-10,15-16H,4-5H2,1-3H3,(H,26,27)(H,25,28,29)/t9?,10?,15-,16?/m0/s1. The van der Waals surface area contributed by atoms with Crippen molar-refractivity contribution in [1.82, 2.24) is 20.2 Å². The van der Waals surface area contributed by atoms with Gasteiger partial charge in [0.25, 0.3) is 0 Å². The number of pyridine rings is 2. The van der Waals surface area contributed by atoms with Crippen LogP contribution < -0.4 is 5.32 Å². The second kappa shape index (κ2) is 8.16. The van der Waals surface area contributed by atoms with Crippen LogP contribution in [0.5, 0.6) is 0 Å². The molecule has 0 radical (unpaired) electrons. The number of carbonyl (C=O) groups excluding carboxylic acids is 1. The molecule has 1 fully saturated rings. The Kier molecular flexibility index (Phi) is 5.55. The van der Waals surface area contributed by atoms with Gasteiger partial charge in [-0.15, -0.1) is 0 Å². The van der Waals surface area contributed by atoms with E-state index in [1.54, 1.807) is 0 Å². The highest BCUT2D eigenvalue weighted by Crippen LogP contribution is 2.37. The van der Waals surface area contributed by atoms with E-state index in [2.05, 4.69) is 25.5 Å². The van der Waals surface area contributed by atoms with Crippen molar-refractivity contribution in [3.63, 3.8) is 0 Å². The number of esters is 1. The van der Waals surface area contributed by atoms with Gasteiger partial charge in [-0.25, -0.2) is 23.1 Å². The molecule has 0 aromatic carbocycles. The maximum absolute atomic E-state index is 14.7. The first kappa shape index (κ1) is 21.1. The van der Waals surface area contributed by atoms with E-state index in [0.29, 0.717) is 6.07 Å². The van der Waals surface area contributed by atoms with Gasteiger partial charge in [0, 0.05) is 12.1 Å². The van der Waals surface area contributed by atoms with E-state index in [1.807, 2.05) is 13.8 Å². The number of fused-ring (bicyclic) bond motifs is 1. The molecule has 0 saturated heterocycles. The number of nitrogens with zero attached hydrogens (tertiary/aromatic N) is 3. The highest BCUT2D eigenvalue weighted by Gasteiger charge is 2.41. The number of anilines is 1. The molecule has 3 aromatic heterocycles. The Morgan fingerprint density at radius 2 is 1.90 bits per heavy atom. The zero-order chi connectivity index (χ0) is 22.3. The van der Waals surface area contributed by atoms with Crippen molar-refractivity contribution in [2.24, 2.45) is 17.8 Å². The number of hydrogen-bond acceptors (Lipinski definition) is 6. The summed E-state index contributed by atoms with van der Waals surface area (Å²) in [6.07, 6.45) is 2.66. The number of H-pyrrole nitrogens is 1. The van der Waals surface area contributed by atoms with E-state index >= 15 is 0 Å². The summed E-state index contributed by atoms with van der Waals surface area (Å²) < 4.78 is 47.9. The number of aromatic amines is 1. The lowest BCUT2D eigenvalue weighted by Gasteiger charge is -2.39. The monoisotopic (exact) mass is 433 g/mol. The maximum atomic E-state index is 14.7. The van der Waals surface area contributed by atoms with Crippen LogP contribution in [0.1, 0.15) is 26.7 Å². The predicted molar refractivity (Wildman–Crippen MR) is 107 cm³/mol. The van der Waals surface area contributed by atoms with Crippen molar-refractivity contribution >= 4 is 22.8 Å². The fourth-order valence-electron chi connectivity index (χ4n) is 4.30. The quantitative estimate of drug-likeness (QED) is 0.603. The number of halogens is 3. The first-order valence-corrected chi connectivity index (χ1v) is 10.0. The smallest absolute Gasteiger partial charge is 0.311 e. The predicted octanol–water partition coefficient (Wildman–Crippen LogP) is 4.07. The van der Waals surface area contributed by atoms with E-state index < -0.39 is 29.4 Å². The van der Waals surface area contributed by atoms with Crippen LogP contribution in [0.25, 0.3) is 22.4 Å². The number of nitrogens with one attached hydrogen (secondary N) is 2. The lowest BCUT2D eigenvalue weighted by atomic mass is 9.71. The van der Waals surface area contributed by atoms with Crippen LogP contribution >= 0.6 is 0 Å². The minimum atomic E-state index is -0.938. The van der Waals surface area contributed by atoms with Crippen LogP contribution in [0.2, 0.25) is 0 Å². The van der Waals surface area contributed by atoms with Crippen LogP contribution in [0.15, 0.2) is 18.3 Å². The number of ether oxygens (including phenoxy) is 1. The van der Waals surface area contributed by atoms with Crippen molar-refractivity contribution in [2.75, 3.05) is 12.4 Å². The molecular formula is C21H22F3N5O2. The van der Waals surface area contributed by atoms with Gasteiger partial charge in [-0.05, 0) is 30.7 Å². The summed E-state index contributed by atoms with van der Waals surface area (Å²) in [5, 5.41) is 9.75. The zero-order valence-corrected chi connectivity index (χ0v) is 17.2. The van der Waals surface area contributed by atoms with E-state index in [9.17, 15) is 18.0 Å². The molecule has 31 heavy (non-hydrogen) atoms. The third-order valence-electron chi connectivity index (χ3n) is 6.01. The Labute approximate surface area is 176 Å². The van der Waals surface area contributed by atoms with Crippen LogP contribution in [0, 0.1) is 35.2 Å². The Morgan fingerprint density at radius 1 is 1.16 bits per heavy atom. The van der Waals surface area contributed by atoms with Gasteiger partial charge in [0.1, 0.15) is 11.5 Å². The number of rotatable bonds is 4. The van der Waals surface area contributed by atoms with Crippen LogP contribution in [-0.2, 0) is 9.53 Å². The summed E-state index contributed by atoms with van der Waals surface area (Å²) in [5.41, 5.74) is 0.0268. The molecule has 1 aliphatic carbocycles. The molecule has 3 heterocycles. The van der Waals surface area contributed by atoms with Crippen molar-refractivity contribution < 1.29 is 22.7 Å². The molecule has 2 N–H and O–H groups in total. The molecule has 0 spiro atoms. The third kappa shape index (κ3) is 3.82. The largest absolute Gasteiger partial charge is 0.469 e. The normalized spacial score (nSPS) is 23.7. The molecule has 4 rings (SSSR count). The van der Waals surface area contributed by atoms with E-state index in [0.717, 1.165) is 25.1 Å². The zero-order valence-electron chi connectivity index (χ0n) is 17.2. The molecule has 10 heteroatoms. The number of methoxy groups -OCH3 is 1. The molecular weight excluding hydrogens is 411 g/mol. The van der Waals surface area contributed by atoms with Crippen molar-refractivity contribution in [1.29, 1.82) is 0 Å². The maximum Gasteiger partial charge on any atom is 0.311 e. The molecule has 164 valence electrons. The van der Waals surface area contributed by atoms with Gasteiger partial charge in [-0.1, -0.05) is 13.8 Å². The second-order valence-corrected chi connectivity index (χ2v) is 8.02. The second-order valence-electron chi connectivity index (χ2n) is 8.02. The minimum Gasteiger partial charge on any atom is -0.469 e. The van der Waals surface area contributed by atoms with Crippen molar-refractivity contribution in [2.45, 2.75) is 32.7 Å². The summed E-state index contributed by atoms with van der Waals surface area (Å²) >= 11 is 0. The Balaban J connectivity index is 1.75. The average molecular weight is 433 g/mol. The van der Waals surface area contributed by atoms with E-state index in [-0.39, 0.29) is 46.0 Å². The third-order valence-corrected chi connectivity index (χ3v) is 6.01. The summed E-state index contributed by atoms with van der Waals surface area (Å²) in [4.78, 5) is 20.4. The lowest BCUT2D eigenvalue weighted by molar-refractivity contribution is -0.149. The van der Waals surface area contributed by atoms with E-state index in [1.165, 1.54) is 7.11 Å². The topological polar surface area (TPSA) is 92.8 Å². The first-order chi connectivity index (χ1) is 14.8. The molecule has 7 nitrogen and oxygen atoms in total. The fourth-order valence-corrected chi connectivity index (χ4v) is 4.30. The molecule has 0 bridgehead atoms. The SMILES string of the molecule is COC(=O)[C@H]1C(C)CCC(C)C1Nc1nc(-c2[nH]nc3ncc(F)cc23)c(F)cc1F. The van der Waals surface area contributed by atoms with Crippen LogP contribution in [-0.4, -0.2) is 39.3 Å². The Morgan fingerprint density at radius 3 is 2.65 bits per heavy atom. The highest BCUT2D eigenvalue weighted by molar-refractivity contribution is 5.90. The van der Waals surface area contributed by atoms with Crippen LogP contribution in [0.4, 0.5) is 19.0 Å². The van der Waals surface area contributed by atoms with Crippen molar-refractivity contribution in [3.8, 4) is 11.4 Å². The van der Waals surface area contributed by atoms with Gasteiger partial charge in [0.2, 0.25) is 0 Å². The lowest BCUT2D eigenvalue weighted by Crippen LogP contribution is -2.47. The van der Waals surface area contributed by atoms with Gasteiger partial charge in [-0.3, -0.25) is 9.89 Å². The molecule has 1 aliphatic rings. The molecule has 0 aliphatic heterocycles. The molecule has 1 saturated carbocycles. The summed E-state index contributed by atoms with van der Waals surface area (Å²) in [6.45, 7) is 3.90. The molecule has 4 atom stereocenters. The Bertz CT molecular complexity index is 1140. The molecule has 3 unspecified atom stereocenters. The summed E-state index contributed by atoms with van der Waals surface area (Å²) in [5.74, 6) is -3.51. The average Bonchev–Trinajstić information content (AvgIpc) is 3.14. The van der Waals surface area contributed by atoms with Gasteiger partial charge >= 0.3 is 5.97 Å². The molecule has 3 aromatic rings. The number of aromatic nitrogens is 4. The summed E-state index contributed by atoms with van der Waals surface area (Å²) in [6, 6.07) is 1.40. The summed E-state index contributed by atoms with van der Waals surface area (Å²) in [7, 11) is 1.32. The Hall–Kier alpha value is -3.17. The highest BCUT2D eigenvalue weighted by atomic mass is 19.1. The number of hydrogen-bond donors (Lipinski definition) is 2. The fraction of sp³-hybridized carbons (Fsp3) is 0.429. The van der Waals surface area contributed by atoms with Crippen molar-refractivity contribution in [3.05, 3.63) is 35.8 Å². The van der Waals surface area contributed by atoms with Gasteiger partial charge in [-0.2, -0.15) is 5.10 Å². The van der Waals surface area contributed by atoms with Gasteiger partial charge in [0.05, 0.1) is 30.3 Å².